The zero-order valence-corrected chi connectivity index (χ0v) is 12.8. The van der Waals surface area contributed by atoms with Gasteiger partial charge in [0, 0.05) is 5.56 Å². The molecule has 1 aromatic heterocycles. The number of para-hydroxylation sites is 1. The fraction of sp³-hybridized carbons (Fsp3) is 0.250. The standard InChI is InChI=1S/C12H11ClN2O3S2/c1-7-11(19-12(13)14-7)20(16,17)15-9-6-18-10-5-3-2-4-8(9)10/h2-5,9,15H,6H2,1H3. The van der Waals surface area contributed by atoms with E-state index in [4.69, 9.17) is 16.3 Å². The maximum Gasteiger partial charge on any atom is 0.252 e. The minimum atomic E-state index is -3.65. The van der Waals surface area contributed by atoms with E-state index in [1.807, 2.05) is 24.3 Å². The molecule has 0 saturated heterocycles. The molecule has 2 aromatic rings. The monoisotopic (exact) mass is 330 g/mol. The van der Waals surface area contributed by atoms with Gasteiger partial charge in [-0.15, -0.1) is 0 Å². The van der Waals surface area contributed by atoms with Crippen LogP contribution >= 0.6 is 22.9 Å². The number of rotatable bonds is 3. The van der Waals surface area contributed by atoms with E-state index in [1.165, 1.54) is 0 Å². The van der Waals surface area contributed by atoms with Crippen molar-refractivity contribution in [1.29, 1.82) is 0 Å². The van der Waals surface area contributed by atoms with Crippen molar-refractivity contribution in [2.75, 3.05) is 6.61 Å². The van der Waals surface area contributed by atoms with Crippen molar-refractivity contribution in [1.82, 2.24) is 9.71 Å². The first-order chi connectivity index (χ1) is 9.47. The Kier molecular flexibility index (Phi) is 3.45. The molecule has 8 heteroatoms. The SMILES string of the molecule is Cc1nc(Cl)sc1S(=O)(=O)NC1COc2ccccc21. The lowest BCUT2D eigenvalue weighted by Crippen LogP contribution is -2.29. The molecule has 0 aliphatic carbocycles. The topological polar surface area (TPSA) is 68.3 Å². The van der Waals surface area contributed by atoms with Crippen LogP contribution in [0.15, 0.2) is 28.5 Å². The maximum atomic E-state index is 12.4. The lowest BCUT2D eigenvalue weighted by atomic mass is 10.1. The number of fused-ring (bicyclic) bond motifs is 1. The van der Waals surface area contributed by atoms with Crippen molar-refractivity contribution in [3.63, 3.8) is 0 Å². The molecule has 2 heterocycles. The van der Waals surface area contributed by atoms with Crippen LogP contribution < -0.4 is 9.46 Å². The summed E-state index contributed by atoms with van der Waals surface area (Å²) in [7, 11) is -3.65. The number of halogens is 1. The molecule has 1 unspecified atom stereocenters. The molecule has 0 saturated carbocycles. The van der Waals surface area contributed by atoms with E-state index in [1.54, 1.807) is 6.92 Å². The summed E-state index contributed by atoms with van der Waals surface area (Å²) < 4.78 is 33.2. The molecule has 106 valence electrons. The number of nitrogens with zero attached hydrogens (tertiary/aromatic N) is 1. The summed E-state index contributed by atoms with van der Waals surface area (Å²) in [6, 6.07) is 6.98. The van der Waals surface area contributed by atoms with Gasteiger partial charge < -0.3 is 4.74 Å². The van der Waals surface area contributed by atoms with Gasteiger partial charge in [-0.3, -0.25) is 0 Å². The quantitative estimate of drug-likeness (QED) is 0.939. The van der Waals surface area contributed by atoms with Crippen molar-refractivity contribution in [2.24, 2.45) is 0 Å². The number of aryl methyl sites for hydroxylation is 1. The van der Waals surface area contributed by atoms with Crippen LogP contribution in [0.3, 0.4) is 0 Å². The maximum absolute atomic E-state index is 12.4. The van der Waals surface area contributed by atoms with Gasteiger partial charge in [0.25, 0.3) is 10.0 Å². The third kappa shape index (κ3) is 2.42. The van der Waals surface area contributed by atoms with E-state index in [9.17, 15) is 8.42 Å². The molecule has 1 aliphatic rings. The van der Waals surface area contributed by atoms with Gasteiger partial charge in [-0.25, -0.2) is 13.4 Å². The number of benzene rings is 1. The molecule has 1 N–H and O–H groups in total. The van der Waals surface area contributed by atoms with E-state index in [0.717, 1.165) is 16.9 Å². The first-order valence-corrected chi connectivity index (χ1v) is 8.52. The minimum absolute atomic E-state index is 0.145. The number of aromatic nitrogens is 1. The van der Waals surface area contributed by atoms with Crippen molar-refractivity contribution >= 4 is 33.0 Å². The van der Waals surface area contributed by atoms with Gasteiger partial charge in [-0.1, -0.05) is 41.1 Å². The number of thiazole rings is 1. The van der Waals surface area contributed by atoms with E-state index in [-0.39, 0.29) is 15.3 Å². The van der Waals surface area contributed by atoms with Crippen LogP contribution in [-0.2, 0) is 10.0 Å². The highest BCUT2D eigenvalue weighted by molar-refractivity contribution is 7.91. The Morgan fingerprint density at radius 3 is 2.90 bits per heavy atom. The van der Waals surface area contributed by atoms with Crippen LogP contribution in [0.4, 0.5) is 0 Å². The second-order valence-corrected chi connectivity index (χ2v) is 7.85. The number of hydrogen-bond acceptors (Lipinski definition) is 5. The van der Waals surface area contributed by atoms with E-state index < -0.39 is 16.1 Å². The molecule has 1 aromatic carbocycles. The smallest absolute Gasteiger partial charge is 0.252 e. The zero-order chi connectivity index (χ0) is 14.3. The average molecular weight is 331 g/mol. The van der Waals surface area contributed by atoms with Gasteiger partial charge in [0.05, 0.1) is 11.7 Å². The van der Waals surface area contributed by atoms with E-state index in [2.05, 4.69) is 9.71 Å². The lowest BCUT2D eigenvalue weighted by molar-refractivity contribution is 0.325. The molecule has 0 bridgehead atoms. The predicted octanol–water partition coefficient (Wildman–Crippen LogP) is 2.52. The highest BCUT2D eigenvalue weighted by atomic mass is 35.5. The number of hydrogen-bond donors (Lipinski definition) is 1. The van der Waals surface area contributed by atoms with Crippen molar-refractivity contribution in [2.45, 2.75) is 17.2 Å². The number of nitrogens with one attached hydrogen (secondary N) is 1. The lowest BCUT2D eigenvalue weighted by Gasteiger charge is -2.11. The Labute approximate surface area is 125 Å². The Morgan fingerprint density at radius 1 is 1.45 bits per heavy atom. The summed E-state index contributed by atoms with van der Waals surface area (Å²) in [4.78, 5) is 3.93. The second kappa shape index (κ2) is 5.00. The molecule has 0 fully saturated rings. The van der Waals surface area contributed by atoms with Crippen LogP contribution in [0.5, 0.6) is 5.75 Å². The normalized spacial score (nSPS) is 17.8. The summed E-state index contributed by atoms with van der Waals surface area (Å²) in [5.74, 6) is 0.708. The first kappa shape index (κ1) is 13.8. The summed E-state index contributed by atoms with van der Waals surface area (Å²) >= 11 is 6.71. The van der Waals surface area contributed by atoms with E-state index in [0.29, 0.717) is 11.4 Å². The Morgan fingerprint density at radius 2 is 2.20 bits per heavy atom. The molecule has 5 nitrogen and oxygen atoms in total. The molecule has 0 amide bonds. The number of ether oxygens (including phenoxy) is 1. The van der Waals surface area contributed by atoms with Crippen LogP contribution in [0.2, 0.25) is 4.47 Å². The van der Waals surface area contributed by atoms with Gasteiger partial charge in [0.2, 0.25) is 0 Å². The molecular formula is C12H11ClN2O3S2. The van der Waals surface area contributed by atoms with Gasteiger partial charge in [0.15, 0.2) is 8.68 Å². The average Bonchev–Trinajstić information content (AvgIpc) is 2.94. The van der Waals surface area contributed by atoms with Gasteiger partial charge in [-0.05, 0) is 13.0 Å². The van der Waals surface area contributed by atoms with Crippen molar-refractivity contribution in [3.05, 3.63) is 40.0 Å². The van der Waals surface area contributed by atoms with Gasteiger partial charge in [-0.2, -0.15) is 4.72 Å². The van der Waals surface area contributed by atoms with Crippen LogP contribution in [0.1, 0.15) is 17.3 Å². The zero-order valence-electron chi connectivity index (χ0n) is 10.5. The summed E-state index contributed by atoms with van der Waals surface area (Å²) in [5.41, 5.74) is 1.24. The van der Waals surface area contributed by atoms with Crippen molar-refractivity contribution in [3.8, 4) is 5.75 Å². The van der Waals surface area contributed by atoms with Crippen LogP contribution in [-0.4, -0.2) is 20.0 Å². The molecule has 0 spiro atoms. The van der Waals surface area contributed by atoms with Crippen LogP contribution in [0, 0.1) is 6.92 Å². The number of sulfonamides is 1. The second-order valence-electron chi connectivity index (χ2n) is 4.36. The molecule has 1 atom stereocenters. The Balaban J connectivity index is 1.90. The van der Waals surface area contributed by atoms with Gasteiger partial charge in [0.1, 0.15) is 12.4 Å². The largest absolute Gasteiger partial charge is 0.491 e. The molecule has 20 heavy (non-hydrogen) atoms. The molecule has 3 rings (SSSR count). The first-order valence-electron chi connectivity index (χ1n) is 5.84. The third-order valence-electron chi connectivity index (χ3n) is 2.97. The van der Waals surface area contributed by atoms with Gasteiger partial charge >= 0.3 is 0 Å². The summed E-state index contributed by atoms with van der Waals surface area (Å²) in [5, 5.41) is 0. The Hall–Kier alpha value is -1.15. The van der Waals surface area contributed by atoms with Crippen molar-refractivity contribution < 1.29 is 13.2 Å². The Bertz CT molecular complexity index is 758. The summed E-state index contributed by atoms with van der Waals surface area (Å²) in [6.07, 6.45) is 0. The molecule has 1 aliphatic heterocycles. The highest BCUT2D eigenvalue weighted by Gasteiger charge is 2.30. The van der Waals surface area contributed by atoms with E-state index >= 15 is 0 Å². The fourth-order valence-corrected chi connectivity index (χ4v) is 5.06. The molecule has 0 radical (unpaired) electrons. The summed E-state index contributed by atoms with van der Waals surface area (Å²) in [6.45, 7) is 1.90. The fourth-order valence-electron chi connectivity index (χ4n) is 2.10. The highest BCUT2D eigenvalue weighted by Crippen LogP contribution is 2.34. The van der Waals surface area contributed by atoms with Crippen LogP contribution in [0.25, 0.3) is 0 Å². The minimum Gasteiger partial charge on any atom is -0.491 e. The third-order valence-corrected chi connectivity index (χ3v) is 6.31. The predicted molar refractivity (Wildman–Crippen MR) is 76.9 cm³/mol. The molecular weight excluding hydrogens is 320 g/mol.